The van der Waals surface area contributed by atoms with Gasteiger partial charge in [0.05, 0.1) is 0 Å². The van der Waals surface area contributed by atoms with E-state index in [9.17, 15) is 0 Å². The summed E-state index contributed by atoms with van der Waals surface area (Å²) in [6.45, 7) is 7.49. The SMILES string of the molecule is CCN(C)C(=NC)C(C)C. The van der Waals surface area contributed by atoms with Crippen LogP contribution in [0.25, 0.3) is 0 Å². The van der Waals surface area contributed by atoms with Gasteiger partial charge in [-0.2, -0.15) is 0 Å². The monoisotopic (exact) mass is 142 g/mol. The van der Waals surface area contributed by atoms with Crippen LogP contribution >= 0.6 is 0 Å². The van der Waals surface area contributed by atoms with E-state index >= 15 is 0 Å². The van der Waals surface area contributed by atoms with E-state index in [0.29, 0.717) is 5.92 Å². The highest BCUT2D eigenvalue weighted by atomic mass is 15.2. The Hall–Kier alpha value is -0.530. The fourth-order valence-corrected chi connectivity index (χ4v) is 1.03. The van der Waals surface area contributed by atoms with E-state index in [2.05, 4.69) is 37.7 Å². The van der Waals surface area contributed by atoms with Crippen molar-refractivity contribution in [1.82, 2.24) is 4.90 Å². The van der Waals surface area contributed by atoms with Crippen LogP contribution in [0, 0.1) is 5.92 Å². The zero-order valence-corrected chi connectivity index (χ0v) is 7.68. The molecule has 0 saturated carbocycles. The highest BCUT2D eigenvalue weighted by molar-refractivity contribution is 5.83. The number of rotatable bonds is 2. The molecule has 0 spiro atoms. The second kappa shape index (κ2) is 4.31. The summed E-state index contributed by atoms with van der Waals surface area (Å²) in [5.74, 6) is 1.72. The number of hydrogen-bond donors (Lipinski definition) is 0. The minimum Gasteiger partial charge on any atom is -0.364 e. The third-order valence-electron chi connectivity index (χ3n) is 1.61. The van der Waals surface area contributed by atoms with Crippen molar-refractivity contribution in [1.29, 1.82) is 0 Å². The molecule has 0 aromatic carbocycles. The summed E-state index contributed by atoms with van der Waals surface area (Å²) < 4.78 is 0. The molecule has 0 rings (SSSR count). The first-order chi connectivity index (χ1) is 4.63. The molecule has 0 heterocycles. The van der Waals surface area contributed by atoms with Gasteiger partial charge < -0.3 is 4.90 Å². The summed E-state index contributed by atoms with van der Waals surface area (Å²) in [5, 5.41) is 0. The van der Waals surface area contributed by atoms with E-state index in [0.717, 1.165) is 6.54 Å². The maximum absolute atomic E-state index is 4.20. The molecule has 0 aromatic rings. The van der Waals surface area contributed by atoms with Crippen molar-refractivity contribution in [3.8, 4) is 0 Å². The average Bonchev–Trinajstić information content (AvgIpc) is 1.88. The van der Waals surface area contributed by atoms with Crippen LogP contribution in [0.15, 0.2) is 4.99 Å². The molecule has 0 saturated heterocycles. The molecule has 2 heteroatoms. The molecule has 0 aliphatic heterocycles. The number of hydrogen-bond acceptors (Lipinski definition) is 1. The van der Waals surface area contributed by atoms with Crippen LogP contribution in [0.2, 0.25) is 0 Å². The van der Waals surface area contributed by atoms with Crippen molar-refractivity contribution in [3.05, 3.63) is 0 Å². The predicted octanol–water partition coefficient (Wildman–Crippen LogP) is 1.62. The van der Waals surface area contributed by atoms with Crippen LogP contribution in [0.1, 0.15) is 20.8 Å². The Morgan fingerprint density at radius 2 is 2.00 bits per heavy atom. The lowest BCUT2D eigenvalue weighted by atomic mass is 10.2. The van der Waals surface area contributed by atoms with Crippen molar-refractivity contribution >= 4 is 5.84 Å². The Balaban J connectivity index is 4.08. The van der Waals surface area contributed by atoms with Crippen LogP contribution in [-0.2, 0) is 0 Å². The molecule has 60 valence electrons. The van der Waals surface area contributed by atoms with Gasteiger partial charge in [-0.25, -0.2) is 0 Å². The zero-order valence-electron chi connectivity index (χ0n) is 7.68. The van der Waals surface area contributed by atoms with E-state index in [1.54, 1.807) is 0 Å². The second-order valence-corrected chi connectivity index (χ2v) is 2.75. The summed E-state index contributed by atoms with van der Waals surface area (Å²) in [5.41, 5.74) is 0. The Labute approximate surface area is 63.9 Å². The summed E-state index contributed by atoms with van der Waals surface area (Å²) >= 11 is 0. The molecular formula is C8H18N2. The fraction of sp³-hybridized carbons (Fsp3) is 0.875. The minimum atomic E-state index is 0.537. The highest BCUT2D eigenvalue weighted by Crippen LogP contribution is 2.00. The van der Waals surface area contributed by atoms with Crippen LogP contribution in [0.5, 0.6) is 0 Å². The van der Waals surface area contributed by atoms with Gasteiger partial charge in [0.1, 0.15) is 5.84 Å². The van der Waals surface area contributed by atoms with E-state index in [1.807, 2.05) is 7.05 Å². The first-order valence-electron chi connectivity index (χ1n) is 3.81. The maximum Gasteiger partial charge on any atom is 0.101 e. The predicted molar refractivity (Wildman–Crippen MR) is 46.5 cm³/mol. The highest BCUT2D eigenvalue weighted by Gasteiger charge is 2.06. The third-order valence-corrected chi connectivity index (χ3v) is 1.61. The van der Waals surface area contributed by atoms with Gasteiger partial charge >= 0.3 is 0 Å². The topological polar surface area (TPSA) is 15.6 Å². The zero-order chi connectivity index (χ0) is 8.15. The van der Waals surface area contributed by atoms with Gasteiger partial charge in [0.2, 0.25) is 0 Å². The quantitative estimate of drug-likeness (QED) is 0.422. The lowest BCUT2D eigenvalue weighted by Crippen LogP contribution is -2.30. The summed E-state index contributed by atoms with van der Waals surface area (Å²) in [6, 6.07) is 0. The number of nitrogens with zero attached hydrogens (tertiary/aromatic N) is 2. The summed E-state index contributed by atoms with van der Waals surface area (Å²) in [7, 11) is 3.92. The third kappa shape index (κ3) is 2.38. The van der Waals surface area contributed by atoms with Crippen molar-refractivity contribution in [2.75, 3.05) is 20.6 Å². The first-order valence-corrected chi connectivity index (χ1v) is 3.81. The molecule has 0 aliphatic rings. The van der Waals surface area contributed by atoms with Crippen molar-refractivity contribution in [2.45, 2.75) is 20.8 Å². The van der Waals surface area contributed by atoms with Gasteiger partial charge in [0.15, 0.2) is 0 Å². The van der Waals surface area contributed by atoms with Gasteiger partial charge in [-0.15, -0.1) is 0 Å². The Kier molecular flexibility index (Phi) is 4.08. The van der Waals surface area contributed by atoms with Gasteiger partial charge in [-0.05, 0) is 6.92 Å². The van der Waals surface area contributed by atoms with E-state index in [4.69, 9.17) is 0 Å². The smallest absolute Gasteiger partial charge is 0.101 e. The average molecular weight is 142 g/mol. The molecule has 0 atom stereocenters. The number of aliphatic imine (C=N–C) groups is 1. The Morgan fingerprint density at radius 3 is 2.10 bits per heavy atom. The van der Waals surface area contributed by atoms with Gasteiger partial charge in [0, 0.05) is 26.6 Å². The maximum atomic E-state index is 4.20. The molecule has 0 N–H and O–H groups in total. The second-order valence-electron chi connectivity index (χ2n) is 2.75. The Bertz CT molecular complexity index is 116. The summed E-state index contributed by atoms with van der Waals surface area (Å²) in [6.07, 6.45) is 0. The normalized spacial score (nSPS) is 12.4. The largest absolute Gasteiger partial charge is 0.364 e. The lowest BCUT2D eigenvalue weighted by Gasteiger charge is -2.21. The summed E-state index contributed by atoms with van der Waals surface area (Å²) in [4.78, 5) is 6.37. The molecule has 0 fully saturated rings. The fourth-order valence-electron chi connectivity index (χ4n) is 1.03. The van der Waals surface area contributed by atoms with Crippen LogP contribution in [0.3, 0.4) is 0 Å². The molecule has 0 aromatic heterocycles. The molecule has 0 bridgehead atoms. The standard InChI is InChI=1S/C8H18N2/c1-6-10(5)8(9-4)7(2)3/h7H,6H2,1-5H3. The van der Waals surface area contributed by atoms with Crippen LogP contribution < -0.4 is 0 Å². The van der Waals surface area contributed by atoms with Crippen molar-refractivity contribution in [3.63, 3.8) is 0 Å². The van der Waals surface area contributed by atoms with Crippen LogP contribution in [0.4, 0.5) is 0 Å². The minimum absolute atomic E-state index is 0.537. The van der Waals surface area contributed by atoms with Gasteiger partial charge in [-0.1, -0.05) is 13.8 Å². The number of amidine groups is 1. The molecule has 10 heavy (non-hydrogen) atoms. The Morgan fingerprint density at radius 1 is 1.50 bits per heavy atom. The molecule has 0 amide bonds. The van der Waals surface area contributed by atoms with E-state index < -0.39 is 0 Å². The van der Waals surface area contributed by atoms with Gasteiger partial charge in [0.25, 0.3) is 0 Å². The molecule has 2 nitrogen and oxygen atoms in total. The molecule has 0 radical (unpaired) electrons. The molecular weight excluding hydrogens is 124 g/mol. The van der Waals surface area contributed by atoms with E-state index in [-0.39, 0.29) is 0 Å². The van der Waals surface area contributed by atoms with Crippen molar-refractivity contribution < 1.29 is 0 Å². The van der Waals surface area contributed by atoms with E-state index in [1.165, 1.54) is 5.84 Å². The van der Waals surface area contributed by atoms with Gasteiger partial charge in [-0.3, -0.25) is 4.99 Å². The lowest BCUT2D eigenvalue weighted by molar-refractivity contribution is 0.502. The van der Waals surface area contributed by atoms with Crippen LogP contribution in [-0.4, -0.2) is 31.4 Å². The molecule has 0 aliphatic carbocycles. The van der Waals surface area contributed by atoms with Crippen molar-refractivity contribution in [2.24, 2.45) is 10.9 Å². The first kappa shape index (κ1) is 9.47. The molecule has 0 unspecified atom stereocenters.